The van der Waals surface area contributed by atoms with Gasteiger partial charge in [-0.1, -0.05) is 12.1 Å². The molecule has 0 saturated heterocycles. The van der Waals surface area contributed by atoms with Crippen LogP contribution in [0.1, 0.15) is 38.7 Å². The molecule has 0 bridgehead atoms. The molecule has 0 unspecified atom stereocenters. The molecule has 1 rings (SSSR count). The van der Waals surface area contributed by atoms with Crippen molar-refractivity contribution in [3.8, 4) is 11.8 Å². The van der Waals surface area contributed by atoms with Crippen molar-refractivity contribution in [3.05, 3.63) is 29.6 Å². The van der Waals surface area contributed by atoms with E-state index in [0.29, 0.717) is 17.9 Å². The molecule has 0 atom stereocenters. The van der Waals surface area contributed by atoms with Crippen LogP contribution < -0.4 is 4.74 Å². The van der Waals surface area contributed by atoms with Gasteiger partial charge in [0.25, 0.3) is 0 Å². The van der Waals surface area contributed by atoms with Gasteiger partial charge in [0, 0.05) is 0 Å². The fourth-order valence-corrected chi connectivity index (χ4v) is 1.64. The number of halogens is 1. The molecule has 1 aromatic rings. The van der Waals surface area contributed by atoms with Gasteiger partial charge in [0.1, 0.15) is 0 Å². The van der Waals surface area contributed by atoms with Crippen LogP contribution in [0.5, 0.6) is 5.75 Å². The minimum Gasteiger partial charge on any atom is -0.491 e. The standard InChI is InChI=1S/C15H20FNO/c1-12-7-6-8-13(14(12)16)18-10-5-4-9-15(2,3)11-17/h6-8H,4-5,9-10H2,1-3H3. The van der Waals surface area contributed by atoms with Crippen molar-refractivity contribution in [2.75, 3.05) is 6.61 Å². The van der Waals surface area contributed by atoms with Crippen molar-refractivity contribution in [2.24, 2.45) is 5.41 Å². The molecule has 0 aliphatic rings. The highest BCUT2D eigenvalue weighted by atomic mass is 19.1. The number of unbranched alkanes of at least 4 members (excludes halogenated alkanes) is 1. The zero-order valence-electron chi connectivity index (χ0n) is 11.3. The highest BCUT2D eigenvalue weighted by Crippen LogP contribution is 2.23. The Labute approximate surface area is 108 Å². The Balaban J connectivity index is 2.31. The molecule has 18 heavy (non-hydrogen) atoms. The van der Waals surface area contributed by atoms with Crippen molar-refractivity contribution in [3.63, 3.8) is 0 Å². The first-order valence-corrected chi connectivity index (χ1v) is 6.25. The van der Waals surface area contributed by atoms with Gasteiger partial charge in [0.05, 0.1) is 18.1 Å². The van der Waals surface area contributed by atoms with Crippen LogP contribution in [-0.2, 0) is 0 Å². The van der Waals surface area contributed by atoms with E-state index in [1.165, 1.54) is 0 Å². The molecule has 98 valence electrons. The van der Waals surface area contributed by atoms with Crippen molar-refractivity contribution in [2.45, 2.75) is 40.0 Å². The Morgan fingerprint density at radius 2 is 2.06 bits per heavy atom. The maximum absolute atomic E-state index is 13.6. The summed E-state index contributed by atoms with van der Waals surface area (Å²) >= 11 is 0. The molecule has 0 aliphatic carbocycles. The van der Waals surface area contributed by atoms with Gasteiger partial charge >= 0.3 is 0 Å². The first-order chi connectivity index (χ1) is 8.46. The van der Waals surface area contributed by atoms with E-state index in [2.05, 4.69) is 6.07 Å². The van der Waals surface area contributed by atoms with Crippen LogP contribution in [0.3, 0.4) is 0 Å². The third kappa shape index (κ3) is 4.37. The van der Waals surface area contributed by atoms with Gasteiger partial charge in [-0.3, -0.25) is 0 Å². The van der Waals surface area contributed by atoms with Gasteiger partial charge in [0.2, 0.25) is 0 Å². The molecule has 2 nitrogen and oxygen atoms in total. The minimum absolute atomic E-state index is 0.283. The van der Waals surface area contributed by atoms with Crippen molar-refractivity contribution in [1.29, 1.82) is 5.26 Å². The summed E-state index contributed by atoms with van der Waals surface area (Å²) in [6.45, 7) is 6.06. The SMILES string of the molecule is Cc1cccc(OCCCCC(C)(C)C#N)c1F. The van der Waals surface area contributed by atoms with E-state index in [0.717, 1.165) is 19.3 Å². The number of rotatable bonds is 6. The average Bonchev–Trinajstić information content (AvgIpc) is 2.34. The second-order valence-electron chi connectivity index (χ2n) is 5.19. The third-order valence-electron chi connectivity index (χ3n) is 2.91. The molecule has 0 spiro atoms. The number of ether oxygens (including phenoxy) is 1. The van der Waals surface area contributed by atoms with Crippen LogP contribution in [-0.4, -0.2) is 6.61 Å². The number of aryl methyl sites for hydroxylation is 1. The Kier molecular flexibility index (Phi) is 5.15. The summed E-state index contributed by atoms with van der Waals surface area (Å²) in [6.07, 6.45) is 2.58. The minimum atomic E-state index is -0.283. The summed E-state index contributed by atoms with van der Waals surface area (Å²) in [6, 6.07) is 7.41. The molecule has 0 aliphatic heterocycles. The highest BCUT2D eigenvalue weighted by Gasteiger charge is 2.15. The summed E-state index contributed by atoms with van der Waals surface area (Å²) in [5.74, 6) is 0.0319. The van der Waals surface area contributed by atoms with Crippen molar-refractivity contribution < 1.29 is 9.13 Å². The van der Waals surface area contributed by atoms with E-state index < -0.39 is 0 Å². The summed E-state index contributed by atoms with van der Waals surface area (Å²) < 4.78 is 19.0. The molecule has 0 N–H and O–H groups in total. The van der Waals surface area contributed by atoms with Crippen LogP contribution in [0.15, 0.2) is 18.2 Å². The Morgan fingerprint density at radius 3 is 2.72 bits per heavy atom. The van der Waals surface area contributed by atoms with E-state index >= 15 is 0 Å². The summed E-state index contributed by atoms with van der Waals surface area (Å²) in [5, 5.41) is 8.86. The molecule has 0 radical (unpaired) electrons. The first kappa shape index (κ1) is 14.5. The van der Waals surface area contributed by atoms with E-state index in [1.54, 1.807) is 25.1 Å². The molecule has 0 fully saturated rings. The number of nitriles is 1. The summed E-state index contributed by atoms with van der Waals surface area (Å²) in [4.78, 5) is 0. The lowest BCUT2D eigenvalue weighted by atomic mass is 9.89. The quantitative estimate of drug-likeness (QED) is 0.707. The fraction of sp³-hybridized carbons (Fsp3) is 0.533. The second kappa shape index (κ2) is 6.39. The number of nitrogens with zero attached hydrogens (tertiary/aromatic N) is 1. The summed E-state index contributed by atoms with van der Waals surface area (Å²) in [7, 11) is 0. The molecule has 0 saturated carbocycles. The lowest BCUT2D eigenvalue weighted by Gasteiger charge is -2.14. The number of benzene rings is 1. The van der Waals surface area contributed by atoms with Crippen molar-refractivity contribution in [1.82, 2.24) is 0 Å². The Bertz CT molecular complexity index is 435. The van der Waals surface area contributed by atoms with E-state index in [-0.39, 0.29) is 11.2 Å². The van der Waals surface area contributed by atoms with Gasteiger partial charge in [-0.05, 0) is 51.7 Å². The monoisotopic (exact) mass is 249 g/mol. The van der Waals surface area contributed by atoms with Crippen molar-refractivity contribution >= 4 is 0 Å². The average molecular weight is 249 g/mol. The zero-order valence-corrected chi connectivity index (χ0v) is 11.3. The van der Waals surface area contributed by atoms with Gasteiger partial charge in [-0.25, -0.2) is 4.39 Å². The van der Waals surface area contributed by atoms with Crippen LogP contribution in [0.25, 0.3) is 0 Å². The van der Waals surface area contributed by atoms with Crippen LogP contribution in [0.4, 0.5) is 4.39 Å². The van der Waals surface area contributed by atoms with Crippen LogP contribution in [0.2, 0.25) is 0 Å². The van der Waals surface area contributed by atoms with Gasteiger partial charge < -0.3 is 4.74 Å². The highest BCUT2D eigenvalue weighted by molar-refractivity contribution is 5.29. The zero-order chi connectivity index (χ0) is 13.6. The Morgan fingerprint density at radius 1 is 1.33 bits per heavy atom. The molecular formula is C15H20FNO. The lowest BCUT2D eigenvalue weighted by molar-refractivity contribution is 0.282. The van der Waals surface area contributed by atoms with Crippen LogP contribution in [0, 0.1) is 29.5 Å². The van der Waals surface area contributed by atoms with E-state index in [9.17, 15) is 4.39 Å². The topological polar surface area (TPSA) is 33.0 Å². The van der Waals surface area contributed by atoms with Gasteiger partial charge in [-0.15, -0.1) is 0 Å². The molecular weight excluding hydrogens is 229 g/mol. The van der Waals surface area contributed by atoms with Gasteiger partial charge in [0.15, 0.2) is 11.6 Å². The number of hydrogen-bond donors (Lipinski definition) is 0. The predicted molar refractivity (Wildman–Crippen MR) is 69.9 cm³/mol. The maximum atomic E-state index is 13.6. The molecule has 1 aromatic carbocycles. The molecule has 0 amide bonds. The van der Waals surface area contributed by atoms with Crippen LogP contribution >= 0.6 is 0 Å². The lowest BCUT2D eigenvalue weighted by Crippen LogP contribution is -2.08. The molecule has 3 heteroatoms. The predicted octanol–water partition coefficient (Wildman–Crippen LogP) is 4.23. The third-order valence-corrected chi connectivity index (χ3v) is 2.91. The molecule has 0 aromatic heterocycles. The summed E-state index contributed by atoms with van der Waals surface area (Å²) in [5.41, 5.74) is 0.312. The normalized spacial score (nSPS) is 11.1. The maximum Gasteiger partial charge on any atom is 0.167 e. The second-order valence-corrected chi connectivity index (χ2v) is 5.19. The Hall–Kier alpha value is -1.56. The first-order valence-electron chi connectivity index (χ1n) is 6.25. The van der Waals surface area contributed by atoms with E-state index in [1.807, 2.05) is 13.8 Å². The molecule has 0 heterocycles. The van der Waals surface area contributed by atoms with Gasteiger partial charge in [-0.2, -0.15) is 5.26 Å². The number of hydrogen-bond acceptors (Lipinski definition) is 2. The smallest absolute Gasteiger partial charge is 0.167 e. The van der Waals surface area contributed by atoms with E-state index in [4.69, 9.17) is 10.00 Å². The fourth-order valence-electron chi connectivity index (χ4n) is 1.64. The largest absolute Gasteiger partial charge is 0.491 e.